The lowest BCUT2D eigenvalue weighted by Crippen LogP contribution is -2.64. The van der Waals surface area contributed by atoms with Gasteiger partial charge in [0.15, 0.2) is 0 Å². The second kappa shape index (κ2) is 7.29. The zero-order valence-electron chi connectivity index (χ0n) is 15.4. The fourth-order valence-corrected chi connectivity index (χ4v) is 5.27. The summed E-state index contributed by atoms with van der Waals surface area (Å²) in [5.74, 6) is 1.96. The third-order valence-electron chi connectivity index (χ3n) is 5.85. The van der Waals surface area contributed by atoms with Crippen molar-refractivity contribution in [1.82, 2.24) is 4.90 Å². The van der Waals surface area contributed by atoms with E-state index >= 15 is 0 Å². The van der Waals surface area contributed by atoms with Gasteiger partial charge >= 0.3 is 0 Å². The van der Waals surface area contributed by atoms with Gasteiger partial charge in [-0.05, 0) is 63.2 Å². The van der Waals surface area contributed by atoms with Crippen LogP contribution in [-0.2, 0) is 0 Å². The summed E-state index contributed by atoms with van der Waals surface area (Å²) in [4.78, 5) is 2.86. The molecule has 0 amide bonds. The number of nitrogens with zero attached hydrogens (tertiary/aromatic N) is 1. The molecule has 1 heteroatoms. The fourth-order valence-electron chi connectivity index (χ4n) is 5.27. The van der Waals surface area contributed by atoms with Crippen molar-refractivity contribution in [3.05, 3.63) is 0 Å². The van der Waals surface area contributed by atoms with Crippen molar-refractivity contribution >= 4 is 0 Å². The van der Waals surface area contributed by atoms with Crippen LogP contribution in [0.4, 0.5) is 0 Å². The van der Waals surface area contributed by atoms with E-state index in [0.717, 1.165) is 35.4 Å². The van der Waals surface area contributed by atoms with E-state index < -0.39 is 0 Å². The molecule has 2 aliphatic heterocycles. The van der Waals surface area contributed by atoms with Crippen molar-refractivity contribution in [3.63, 3.8) is 0 Å². The maximum atomic E-state index is 2.86. The molecule has 0 radical (unpaired) electrons. The van der Waals surface area contributed by atoms with Crippen LogP contribution in [0.3, 0.4) is 0 Å². The van der Waals surface area contributed by atoms with E-state index in [1.54, 1.807) is 6.42 Å². The molecule has 2 unspecified atom stereocenters. The van der Waals surface area contributed by atoms with E-state index in [0.29, 0.717) is 0 Å². The summed E-state index contributed by atoms with van der Waals surface area (Å²) in [6.45, 7) is 17.7. The van der Waals surface area contributed by atoms with Crippen molar-refractivity contribution in [2.24, 2.45) is 17.3 Å². The van der Waals surface area contributed by atoms with Crippen molar-refractivity contribution in [1.29, 1.82) is 0 Å². The van der Waals surface area contributed by atoms with Crippen LogP contribution in [0.1, 0.15) is 87.5 Å². The topological polar surface area (TPSA) is 3.24 Å². The molecule has 0 N–H and O–H groups in total. The molecule has 2 heterocycles. The van der Waals surface area contributed by atoms with Crippen LogP contribution in [0.5, 0.6) is 0 Å². The average Bonchev–Trinajstić information content (AvgIpc) is 2.41. The smallest absolute Gasteiger partial charge is 0.0109 e. The van der Waals surface area contributed by atoms with Gasteiger partial charge in [0.05, 0.1) is 0 Å². The van der Waals surface area contributed by atoms with E-state index in [1.165, 1.54) is 25.7 Å². The third-order valence-corrected chi connectivity index (χ3v) is 5.85. The van der Waals surface area contributed by atoms with Crippen molar-refractivity contribution in [2.45, 2.75) is 106 Å². The molecular weight excluding hydrogens is 242 g/mol. The van der Waals surface area contributed by atoms with Gasteiger partial charge in [-0.25, -0.2) is 0 Å². The maximum absolute atomic E-state index is 2.86. The second-order valence-electron chi connectivity index (χ2n) is 7.32. The monoisotopic (exact) mass is 281 g/mol. The maximum Gasteiger partial charge on any atom is 0.0109 e. The summed E-state index contributed by atoms with van der Waals surface area (Å²) in [7, 11) is 0. The minimum atomic E-state index is 0.724. The zero-order chi connectivity index (χ0) is 15.5. The number of rotatable bonds is 2. The SMILES string of the molecule is CC.CC.CC(C)N1C2CC3CC1CC(C(C)C)(C3)C2. The van der Waals surface area contributed by atoms with Gasteiger partial charge < -0.3 is 0 Å². The highest BCUT2D eigenvalue weighted by Crippen LogP contribution is 2.59. The van der Waals surface area contributed by atoms with Gasteiger partial charge in [0.2, 0.25) is 0 Å². The van der Waals surface area contributed by atoms with Crippen LogP contribution in [0, 0.1) is 17.3 Å². The molecule has 0 aromatic carbocycles. The molecule has 2 atom stereocenters. The minimum Gasteiger partial charge on any atom is -0.295 e. The Morgan fingerprint density at radius 3 is 1.60 bits per heavy atom. The molecule has 2 saturated heterocycles. The highest BCUT2D eigenvalue weighted by molar-refractivity contribution is 5.08. The van der Waals surface area contributed by atoms with Crippen molar-refractivity contribution in [3.8, 4) is 0 Å². The lowest BCUT2D eigenvalue weighted by atomic mass is 9.51. The first-order valence-corrected chi connectivity index (χ1v) is 9.29. The predicted octanol–water partition coefficient (Wildman–Crippen LogP) is 5.74. The molecule has 20 heavy (non-hydrogen) atoms. The second-order valence-corrected chi connectivity index (χ2v) is 7.32. The summed E-state index contributed by atoms with van der Waals surface area (Å²) in [6.07, 6.45) is 7.54. The Kier molecular flexibility index (Phi) is 6.57. The molecule has 4 aliphatic rings. The van der Waals surface area contributed by atoms with Gasteiger partial charge in [0, 0.05) is 18.1 Å². The summed E-state index contributed by atoms with van der Waals surface area (Å²) in [5.41, 5.74) is 0.724. The third kappa shape index (κ3) is 3.08. The molecule has 2 aliphatic carbocycles. The Morgan fingerprint density at radius 1 is 0.800 bits per heavy atom. The van der Waals surface area contributed by atoms with Gasteiger partial charge in [-0.1, -0.05) is 41.5 Å². The molecule has 0 aromatic heterocycles. The van der Waals surface area contributed by atoms with E-state index in [4.69, 9.17) is 0 Å². The molecule has 4 fully saturated rings. The molecule has 0 spiro atoms. The van der Waals surface area contributed by atoms with Crippen molar-refractivity contribution in [2.75, 3.05) is 0 Å². The minimum absolute atomic E-state index is 0.724. The fraction of sp³-hybridized carbons (Fsp3) is 1.00. The molecule has 2 saturated carbocycles. The van der Waals surface area contributed by atoms with E-state index in [-0.39, 0.29) is 0 Å². The summed E-state index contributed by atoms with van der Waals surface area (Å²) < 4.78 is 0. The number of hydrogen-bond acceptors (Lipinski definition) is 1. The number of hydrogen-bond donors (Lipinski definition) is 0. The van der Waals surface area contributed by atoms with Crippen LogP contribution in [0.2, 0.25) is 0 Å². The van der Waals surface area contributed by atoms with Crippen LogP contribution in [0.15, 0.2) is 0 Å². The lowest BCUT2D eigenvalue weighted by molar-refractivity contribution is -0.137. The van der Waals surface area contributed by atoms with Crippen LogP contribution < -0.4 is 0 Å². The van der Waals surface area contributed by atoms with Crippen LogP contribution in [-0.4, -0.2) is 23.0 Å². The van der Waals surface area contributed by atoms with Gasteiger partial charge in [-0.2, -0.15) is 0 Å². The zero-order valence-corrected chi connectivity index (χ0v) is 15.4. The van der Waals surface area contributed by atoms with Gasteiger partial charge in [0.25, 0.3) is 0 Å². The van der Waals surface area contributed by atoms with E-state index in [2.05, 4.69) is 32.6 Å². The summed E-state index contributed by atoms with van der Waals surface area (Å²) in [6, 6.07) is 2.61. The largest absolute Gasteiger partial charge is 0.295 e. The molecule has 120 valence electrons. The Morgan fingerprint density at radius 2 is 1.25 bits per heavy atom. The lowest BCUT2D eigenvalue weighted by Gasteiger charge is -2.64. The Balaban J connectivity index is 0.000000461. The standard InChI is InChI=1S/C15H27N.2C2H6/c1-10(2)15-7-12-5-13(8-15)16(11(3)4)14(6-12)9-15;2*1-2/h10-14H,5-9H2,1-4H3;2*1-2H3. The Hall–Kier alpha value is -0.0400. The predicted molar refractivity (Wildman–Crippen MR) is 91.1 cm³/mol. The normalized spacial score (nSPS) is 38.4. The average molecular weight is 282 g/mol. The highest BCUT2D eigenvalue weighted by Gasteiger charge is 2.55. The molecule has 4 rings (SSSR count). The van der Waals surface area contributed by atoms with E-state index in [1.807, 2.05) is 27.7 Å². The first-order chi connectivity index (χ1) is 9.52. The molecule has 4 bridgehead atoms. The van der Waals surface area contributed by atoms with Crippen molar-refractivity contribution < 1.29 is 0 Å². The van der Waals surface area contributed by atoms with Gasteiger partial charge in [-0.15, -0.1) is 0 Å². The number of piperidine rings is 2. The van der Waals surface area contributed by atoms with Crippen LogP contribution in [0.25, 0.3) is 0 Å². The van der Waals surface area contributed by atoms with Gasteiger partial charge in [-0.3, -0.25) is 4.90 Å². The Bertz CT molecular complexity index is 265. The summed E-state index contributed by atoms with van der Waals surface area (Å²) >= 11 is 0. The summed E-state index contributed by atoms with van der Waals surface area (Å²) in [5, 5.41) is 0. The molecule has 1 nitrogen and oxygen atoms in total. The van der Waals surface area contributed by atoms with Crippen LogP contribution >= 0.6 is 0 Å². The first-order valence-electron chi connectivity index (χ1n) is 9.29. The highest BCUT2D eigenvalue weighted by atomic mass is 15.2. The Labute approximate surface area is 128 Å². The van der Waals surface area contributed by atoms with Gasteiger partial charge in [0.1, 0.15) is 0 Å². The van der Waals surface area contributed by atoms with E-state index in [9.17, 15) is 0 Å². The first kappa shape index (κ1) is 18.0. The molecule has 0 aromatic rings. The quantitative estimate of drug-likeness (QED) is 0.624. The molecular formula is C19H39N.